The number of benzene rings is 1. The van der Waals surface area contributed by atoms with Gasteiger partial charge in [-0.15, -0.1) is 0 Å². The Hall–Kier alpha value is -2.95. The van der Waals surface area contributed by atoms with Crippen LogP contribution in [-0.2, 0) is 14.6 Å². The van der Waals surface area contributed by atoms with Crippen LogP contribution in [0.25, 0.3) is 0 Å². The lowest BCUT2D eigenvalue weighted by Gasteiger charge is -2.43. The van der Waals surface area contributed by atoms with Gasteiger partial charge in [-0.1, -0.05) is 0 Å². The Morgan fingerprint density at radius 1 is 1.08 bits per heavy atom. The number of nitrogens with zero attached hydrogens (tertiary/aromatic N) is 3. The quantitative estimate of drug-likeness (QED) is 0.473. The van der Waals surface area contributed by atoms with Crippen molar-refractivity contribution in [1.82, 2.24) is 14.9 Å². The zero-order valence-corrected chi connectivity index (χ0v) is 22.4. The van der Waals surface area contributed by atoms with Crippen molar-refractivity contribution in [2.75, 3.05) is 0 Å². The van der Waals surface area contributed by atoms with Gasteiger partial charge in [-0.2, -0.15) is 0 Å². The maximum atomic E-state index is 14.8. The van der Waals surface area contributed by atoms with Gasteiger partial charge in [-0.05, 0) is 77.0 Å². The second-order valence-corrected chi connectivity index (χ2v) is 13.5. The van der Waals surface area contributed by atoms with Crippen LogP contribution in [-0.4, -0.2) is 58.4 Å². The monoisotopic (exact) mass is 545 g/mol. The number of rotatable bonds is 7. The Morgan fingerprint density at radius 2 is 1.76 bits per heavy atom. The Labute approximate surface area is 221 Å². The Balaban J connectivity index is 1.12. The maximum absolute atomic E-state index is 14.8. The molecule has 2 saturated carbocycles. The molecule has 2 aliphatic heterocycles. The van der Waals surface area contributed by atoms with Crippen molar-refractivity contribution in [3.63, 3.8) is 0 Å². The molecular formula is C27H32FN3O6S. The molecule has 0 spiro atoms. The first-order valence-electron chi connectivity index (χ1n) is 13.3. The smallest absolute Gasteiger partial charge is 0.410 e. The summed E-state index contributed by atoms with van der Waals surface area (Å²) in [6.07, 6.45) is 8.26. The van der Waals surface area contributed by atoms with E-state index < -0.39 is 20.9 Å². The lowest BCUT2D eigenvalue weighted by molar-refractivity contribution is -0.0610. The van der Waals surface area contributed by atoms with E-state index in [9.17, 15) is 17.6 Å². The van der Waals surface area contributed by atoms with Crippen LogP contribution < -0.4 is 9.47 Å². The lowest BCUT2D eigenvalue weighted by Crippen LogP contribution is -2.52. The molecule has 0 radical (unpaired) electrons. The molecule has 2 bridgehead atoms. The first kappa shape index (κ1) is 25.3. The zero-order valence-electron chi connectivity index (χ0n) is 21.6. The van der Waals surface area contributed by atoms with E-state index in [0.29, 0.717) is 37.1 Å². The van der Waals surface area contributed by atoms with Gasteiger partial charge >= 0.3 is 6.09 Å². The summed E-state index contributed by atoms with van der Waals surface area (Å²) in [5.41, 5.74) is 0.178. The largest absolute Gasteiger partial charge is 0.474 e. The zero-order chi connectivity index (χ0) is 26.7. The van der Waals surface area contributed by atoms with E-state index in [1.165, 1.54) is 18.5 Å². The minimum atomic E-state index is -3.50. The van der Waals surface area contributed by atoms with Crippen LogP contribution >= 0.6 is 0 Å². The normalized spacial score (nSPS) is 26.0. The molecular weight excluding hydrogens is 513 g/mol. The maximum Gasteiger partial charge on any atom is 0.410 e. The van der Waals surface area contributed by atoms with Crippen LogP contribution in [0.4, 0.5) is 9.18 Å². The number of hydrogen-bond donors (Lipinski definition) is 0. The fourth-order valence-electron chi connectivity index (χ4n) is 5.78. The third-order valence-corrected chi connectivity index (χ3v) is 10.6. The summed E-state index contributed by atoms with van der Waals surface area (Å²) in [5, 5.41) is -0.420. The predicted molar refractivity (Wildman–Crippen MR) is 134 cm³/mol. The van der Waals surface area contributed by atoms with Crippen molar-refractivity contribution in [2.24, 2.45) is 0 Å². The molecule has 38 heavy (non-hydrogen) atoms. The number of carbonyl (C=O) groups is 1. The van der Waals surface area contributed by atoms with Crippen molar-refractivity contribution in [2.45, 2.75) is 106 Å². The van der Waals surface area contributed by atoms with E-state index in [1.54, 1.807) is 6.92 Å². The second-order valence-electron chi connectivity index (χ2n) is 11.2. The standard InChI is InChI=1S/C27H32FN3O6S/c1-16-24(35-19-12-17-4-5-18(13-19)31(17)26(32)37-27(2)10-3-11-27)29-15-30-25(16)36-23-9-8-21(14-22(23)28)38(33,34)20-6-7-20/h8-9,14-15,17-20H,3-7,10-13H2,1-2H3/t17-,18?,19?/m0/s1. The number of piperidine rings is 1. The molecule has 1 aromatic heterocycles. The molecule has 0 N–H and O–H groups in total. The fourth-order valence-corrected chi connectivity index (χ4v) is 7.44. The number of fused-ring (bicyclic) bond motifs is 2. The molecule has 3 heterocycles. The number of carbonyl (C=O) groups excluding carboxylic acids is 1. The number of sulfone groups is 1. The van der Waals surface area contributed by atoms with Crippen LogP contribution in [0.1, 0.15) is 70.3 Å². The highest BCUT2D eigenvalue weighted by Crippen LogP contribution is 2.41. The van der Waals surface area contributed by atoms with Gasteiger partial charge in [-0.3, -0.25) is 0 Å². The SMILES string of the molecule is Cc1c(Oc2ccc(S(=O)(=O)C3CC3)cc2F)ncnc1OC1CC2CC[C@@H](C1)N2C(=O)OC1(C)CCC1. The fraction of sp³-hybridized carbons (Fsp3) is 0.593. The average molecular weight is 546 g/mol. The van der Waals surface area contributed by atoms with Gasteiger partial charge in [0.15, 0.2) is 21.4 Å². The second kappa shape index (κ2) is 9.36. The lowest BCUT2D eigenvalue weighted by atomic mass is 9.82. The van der Waals surface area contributed by atoms with E-state index in [1.807, 2.05) is 11.8 Å². The highest BCUT2D eigenvalue weighted by Gasteiger charge is 2.47. The van der Waals surface area contributed by atoms with Crippen LogP contribution in [0.15, 0.2) is 29.4 Å². The number of aromatic nitrogens is 2. The van der Waals surface area contributed by atoms with Crippen molar-refractivity contribution in [3.8, 4) is 17.5 Å². The molecule has 2 saturated heterocycles. The topological polar surface area (TPSA) is 108 Å². The third-order valence-electron chi connectivity index (χ3n) is 8.32. The van der Waals surface area contributed by atoms with Gasteiger partial charge in [0.1, 0.15) is 18.0 Å². The summed E-state index contributed by atoms with van der Waals surface area (Å²) in [7, 11) is -3.50. The minimum absolute atomic E-state index is 0.0417. The minimum Gasteiger partial charge on any atom is -0.474 e. The molecule has 6 rings (SSSR count). The molecule has 11 heteroatoms. The summed E-state index contributed by atoms with van der Waals surface area (Å²) in [4.78, 5) is 23.2. The van der Waals surface area contributed by atoms with Crippen molar-refractivity contribution in [1.29, 1.82) is 0 Å². The van der Waals surface area contributed by atoms with E-state index in [-0.39, 0.29) is 46.4 Å². The molecule has 4 fully saturated rings. The van der Waals surface area contributed by atoms with Gasteiger partial charge in [0.2, 0.25) is 11.8 Å². The summed E-state index contributed by atoms with van der Waals surface area (Å²) >= 11 is 0. The third kappa shape index (κ3) is 4.69. The first-order chi connectivity index (χ1) is 18.1. The molecule has 1 amide bonds. The summed E-state index contributed by atoms with van der Waals surface area (Å²) < 4.78 is 57.4. The van der Waals surface area contributed by atoms with Crippen LogP contribution in [0, 0.1) is 12.7 Å². The van der Waals surface area contributed by atoms with Crippen molar-refractivity contribution in [3.05, 3.63) is 35.9 Å². The van der Waals surface area contributed by atoms with Crippen LogP contribution in [0.5, 0.6) is 17.5 Å². The van der Waals surface area contributed by atoms with Gasteiger partial charge in [-0.25, -0.2) is 27.6 Å². The van der Waals surface area contributed by atoms with Crippen molar-refractivity contribution < 1.29 is 31.8 Å². The van der Waals surface area contributed by atoms with E-state index >= 15 is 0 Å². The molecule has 1 aromatic carbocycles. The number of halogens is 1. The van der Waals surface area contributed by atoms with Crippen LogP contribution in [0.3, 0.4) is 0 Å². The molecule has 2 unspecified atom stereocenters. The average Bonchev–Trinajstić information content (AvgIpc) is 3.67. The Bertz CT molecular complexity index is 1350. The first-order valence-corrected chi connectivity index (χ1v) is 14.9. The number of ether oxygens (including phenoxy) is 3. The number of amides is 1. The van der Waals surface area contributed by atoms with Gasteiger partial charge in [0, 0.05) is 24.9 Å². The predicted octanol–water partition coefficient (Wildman–Crippen LogP) is 5.11. The summed E-state index contributed by atoms with van der Waals surface area (Å²) in [5.74, 6) is -0.438. The summed E-state index contributed by atoms with van der Waals surface area (Å²) in [6.45, 7) is 3.73. The summed E-state index contributed by atoms with van der Waals surface area (Å²) in [6, 6.07) is 3.79. The highest BCUT2D eigenvalue weighted by atomic mass is 32.2. The van der Waals surface area contributed by atoms with Crippen LogP contribution in [0.2, 0.25) is 0 Å². The molecule has 2 aromatic rings. The molecule has 4 aliphatic rings. The molecule has 2 aliphatic carbocycles. The molecule has 204 valence electrons. The Morgan fingerprint density at radius 3 is 2.37 bits per heavy atom. The molecule has 3 atom stereocenters. The van der Waals surface area contributed by atoms with E-state index in [4.69, 9.17) is 14.2 Å². The van der Waals surface area contributed by atoms with Gasteiger partial charge in [0.25, 0.3) is 0 Å². The van der Waals surface area contributed by atoms with Crippen molar-refractivity contribution >= 4 is 15.9 Å². The molecule has 9 nitrogen and oxygen atoms in total. The van der Waals surface area contributed by atoms with E-state index in [2.05, 4.69) is 9.97 Å². The van der Waals surface area contributed by atoms with Gasteiger partial charge in [0.05, 0.1) is 15.7 Å². The van der Waals surface area contributed by atoms with E-state index in [0.717, 1.165) is 38.2 Å². The number of hydrogen-bond acceptors (Lipinski definition) is 8. The highest BCUT2D eigenvalue weighted by molar-refractivity contribution is 7.92. The van der Waals surface area contributed by atoms with Gasteiger partial charge < -0.3 is 19.1 Å². The Kier molecular flexibility index (Phi) is 6.24.